The fraction of sp³-hybridized carbons (Fsp3) is 0.222. The molecule has 6 nitrogen and oxygen atoms in total. The third kappa shape index (κ3) is 6.99. The zero-order valence-electron chi connectivity index (χ0n) is 20.0. The molecule has 0 spiro atoms. The molecule has 0 unspecified atom stereocenters. The Hall–Kier alpha value is -3.63. The van der Waals surface area contributed by atoms with Crippen LogP contribution < -0.4 is 5.32 Å². The third-order valence-corrected chi connectivity index (χ3v) is 6.59. The van der Waals surface area contributed by atoms with Crippen LogP contribution in [0, 0.1) is 0 Å². The Morgan fingerprint density at radius 3 is 2.46 bits per heavy atom. The summed E-state index contributed by atoms with van der Waals surface area (Å²) in [5.41, 5.74) is 1.94. The summed E-state index contributed by atoms with van der Waals surface area (Å²) in [5.74, 6) is 0.785. The number of nitrogens with zero attached hydrogens (tertiary/aromatic N) is 3. The number of benzene rings is 3. The van der Waals surface area contributed by atoms with Crippen LogP contribution in [0.5, 0.6) is 0 Å². The van der Waals surface area contributed by atoms with E-state index in [4.69, 9.17) is 4.74 Å². The van der Waals surface area contributed by atoms with Crippen molar-refractivity contribution in [1.82, 2.24) is 20.1 Å². The molecule has 192 valence electrons. The maximum absolute atomic E-state index is 13.0. The molecule has 0 aliphatic heterocycles. The van der Waals surface area contributed by atoms with Gasteiger partial charge in [0.2, 0.25) is 0 Å². The number of methoxy groups -OCH3 is 1. The first kappa shape index (κ1) is 26.4. The van der Waals surface area contributed by atoms with E-state index >= 15 is 0 Å². The highest BCUT2D eigenvalue weighted by molar-refractivity contribution is 7.98. The summed E-state index contributed by atoms with van der Waals surface area (Å²) in [5, 5.41) is 12.0. The molecule has 10 heteroatoms. The quantitative estimate of drug-likeness (QED) is 0.268. The van der Waals surface area contributed by atoms with Gasteiger partial charge in [0, 0.05) is 25.0 Å². The van der Waals surface area contributed by atoms with E-state index in [1.165, 1.54) is 17.8 Å². The van der Waals surface area contributed by atoms with E-state index in [0.717, 1.165) is 23.3 Å². The van der Waals surface area contributed by atoms with Gasteiger partial charge >= 0.3 is 6.18 Å². The van der Waals surface area contributed by atoms with Crippen LogP contribution in [0.1, 0.15) is 38.4 Å². The van der Waals surface area contributed by atoms with Crippen molar-refractivity contribution in [3.8, 4) is 0 Å². The number of ether oxygens (including phenoxy) is 1. The second-order valence-corrected chi connectivity index (χ2v) is 9.17. The van der Waals surface area contributed by atoms with E-state index in [1.54, 1.807) is 25.3 Å². The summed E-state index contributed by atoms with van der Waals surface area (Å²) in [6.07, 6.45) is -4.44. The molecule has 4 aromatic rings. The molecule has 3 aromatic carbocycles. The monoisotopic (exact) mass is 526 g/mol. The number of halogens is 3. The van der Waals surface area contributed by atoms with Gasteiger partial charge in [0.15, 0.2) is 11.0 Å². The molecule has 1 amide bonds. The number of rotatable bonds is 10. The van der Waals surface area contributed by atoms with Crippen LogP contribution in [0.15, 0.2) is 84.0 Å². The zero-order chi connectivity index (χ0) is 26.3. The number of hydrogen-bond acceptors (Lipinski definition) is 5. The van der Waals surface area contributed by atoms with Crippen molar-refractivity contribution in [2.45, 2.75) is 36.8 Å². The van der Waals surface area contributed by atoms with E-state index in [0.29, 0.717) is 41.0 Å². The smallest absolute Gasteiger partial charge is 0.377 e. The molecule has 1 aromatic heterocycles. The Bertz CT molecular complexity index is 1340. The van der Waals surface area contributed by atoms with Crippen LogP contribution in [0.25, 0.3) is 0 Å². The summed E-state index contributed by atoms with van der Waals surface area (Å²) in [7, 11) is 1.60. The summed E-state index contributed by atoms with van der Waals surface area (Å²) in [6.45, 7) is 0.874. The molecule has 0 bridgehead atoms. The maximum Gasteiger partial charge on any atom is 0.416 e. The summed E-state index contributed by atoms with van der Waals surface area (Å²) in [4.78, 5) is 12.9. The van der Waals surface area contributed by atoms with Crippen LogP contribution in [-0.2, 0) is 36.4 Å². The molecular formula is C27H25F3N4O2S. The van der Waals surface area contributed by atoms with Crippen molar-refractivity contribution >= 4 is 17.7 Å². The minimum absolute atomic E-state index is 0.0178. The molecule has 1 heterocycles. The normalized spacial score (nSPS) is 11.5. The second-order valence-electron chi connectivity index (χ2n) is 8.23. The van der Waals surface area contributed by atoms with Gasteiger partial charge in [-0.15, -0.1) is 10.2 Å². The van der Waals surface area contributed by atoms with Gasteiger partial charge < -0.3 is 10.1 Å². The largest absolute Gasteiger partial charge is 0.416 e. The van der Waals surface area contributed by atoms with Gasteiger partial charge in [0.25, 0.3) is 5.91 Å². The molecule has 4 rings (SSSR count). The molecule has 0 atom stereocenters. The first-order valence-corrected chi connectivity index (χ1v) is 12.4. The van der Waals surface area contributed by atoms with Crippen molar-refractivity contribution in [3.05, 3.63) is 113 Å². The van der Waals surface area contributed by atoms with Gasteiger partial charge in [-0.3, -0.25) is 9.36 Å². The molecule has 0 aliphatic carbocycles. The minimum Gasteiger partial charge on any atom is -0.377 e. The molecular weight excluding hydrogens is 501 g/mol. The lowest BCUT2D eigenvalue weighted by atomic mass is 10.1. The minimum atomic E-state index is -4.44. The van der Waals surface area contributed by atoms with E-state index in [2.05, 4.69) is 15.5 Å². The summed E-state index contributed by atoms with van der Waals surface area (Å²) >= 11 is 1.45. The first-order chi connectivity index (χ1) is 17.8. The SMILES string of the molecule is COCc1nnc(SCc2ccccc2C(=O)NCc2cccc(C(F)(F)F)c2)n1Cc1ccccc1. The second kappa shape index (κ2) is 12.1. The topological polar surface area (TPSA) is 69.0 Å². The lowest BCUT2D eigenvalue weighted by molar-refractivity contribution is -0.137. The van der Waals surface area contributed by atoms with Crippen molar-refractivity contribution in [1.29, 1.82) is 0 Å². The summed E-state index contributed by atoms with van der Waals surface area (Å²) in [6, 6.07) is 22.0. The van der Waals surface area contributed by atoms with E-state index in [1.807, 2.05) is 47.0 Å². The average molecular weight is 527 g/mol. The maximum atomic E-state index is 13.0. The highest BCUT2D eigenvalue weighted by atomic mass is 32.2. The van der Waals surface area contributed by atoms with Crippen LogP contribution in [0.3, 0.4) is 0 Å². The van der Waals surface area contributed by atoms with Gasteiger partial charge in [-0.25, -0.2) is 0 Å². The predicted molar refractivity (Wildman–Crippen MR) is 135 cm³/mol. The van der Waals surface area contributed by atoms with Gasteiger partial charge in [-0.1, -0.05) is 72.4 Å². The Balaban J connectivity index is 1.46. The van der Waals surface area contributed by atoms with E-state index < -0.39 is 11.7 Å². The molecule has 0 aliphatic rings. The van der Waals surface area contributed by atoms with Crippen molar-refractivity contribution in [2.24, 2.45) is 0 Å². The number of nitrogens with one attached hydrogen (secondary N) is 1. The van der Waals surface area contributed by atoms with Crippen LogP contribution in [-0.4, -0.2) is 27.8 Å². The molecule has 0 fully saturated rings. The number of carbonyl (C=O) groups is 1. The first-order valence-electron chi connectivity index (χ1n) is 11.4. The number of alkyl halides is 3. The Kier molecular flexibility index (Phi) is 8.62. The molecule has 1 N–H and O–H groups in total. The number of amides is 1. The van der Waals surface area contributed by atoms with E-state index in [-0.39, 0.29) is 12.5 Å². The van der Waals surface area contributed by atoms with Gasteiger partial charge in [0.1, 0.15) is 6.61 Å². The highest BCUT2D eigenvalue weighted by Gasteiger charge is 2.30. The number of carbonyl (C=O) groups excluding carboxylic acids is 1. The average Bonchev–Trinajstić information content (AvgIpc) is 3.27. The number of hydrogen-bond donors (Lipinski definition) is 1. The Labute approximate surface area is 216 Å². The van der Waals surface area contributed by atoms with Gasteiger partial charge in [0.05, 0.1) is 12.1 Å². The lowest BCUT2D eigenvalue weighted by Crippen LogP contribution is -2.24. The molecule has 37 heavy (non-hydrogen) atoms. The Morgan fingerprint density at radius 1 is 0.973 bits per heavy atom. The fourth-order valence-electron chi connectivity index (χ4n) is 3.73. The van der Waals surface area contributed by atoms with Gasteiger partial charge in [-0.05, 0) is 34.9 Å². The summed E-state index contributed by atoms with van der Waals surface area (Å²) < 4.78 is 46.2. The molecule has 0 radical (unpaired) electrons. The number of thioether (sulfide) groups is 1. The van der Waals surface area contributed by atoms with Crippen LogP contribution >= 0.6 is 11.8 Å². The van der Waals surface area contributed by atoms with Crippen LogP contribution in [0.2, 0.25) is 0 Å². The van der Waals surface area contributed by atoms with E-state index in [9.17, 15) is 18.0 Å². The van der Waals surface area contributed by atoms with Crippen molar-refractivity contribution in [2.75, 3.05) is 7.11 Å². The fourth-order valence-corrected chi connectivity index (χ4v) is 4.69. The molecule has 0 saturated heterocycles. The molecule has 0 saturated carbocycles. The lowest BCUT2D eigenvalue weighted by Gasteiger charge is -2.13. The third-order valence-electron chi connectivity index (χ3n) is 5.58. The predicted octanol–water partition coefficient (Wildman–Crippen LogP) is 5.71. The zero-order valence-corrected chi connectivity index (χ0v) is 20.9. The highest BCUT2D eigenvalue weighted by Crippen LogP contribution is 2.29. The van der Waals surface area contributed by atoms with Gasteiger partial charge in [-0.2, -0.15) is 13.2 Å². The van der Waals surface area contributed by atoms with Crippen molar-refractivity contribution < 1.29 is 22.7 Å². The number of aromatic nitrogens is 3. The van der Waals surface area contributed by atoms with Crippen LogP contribution in [0.4, 0.5) is 13.2 Å². The van der Waals surface area contributed by atoms with Crippen molar-refractivity contribution in [3.63, 3.8) is 0 Å². The Morgan fingerprint density at radius 2 is 1.70 bits per heavy atom. The standard InChI is InChI=1S/C27H25F3N4O2S/c1-36-17-24-32-33-26(34(24)16-19-8-3-2-4-9-19)37-18-21-11-5-6-13-23(21)25(35)31-15-20-10-7-12-22(14-20)27(28,29)30/h2-14H,15-18H2,1H3,(H,31,35).